The molecule has 0 aromatic carbocycles. The lowest BCUT2D eigenvalue weighted by Crippen LogP contribution is -2.31. The van der Waals surface area contributed by atoms with E-state index in [1.165, 1.54) is 0 Å². The third-order valence-corrected chi connectivity index (χ3v) is 3.60. The van der Waals surface area contributed by atoms with E-state index >= 15 is 0 Å². The van der Waals surface area contributed by atoms with Gasteiger partial charge in [-0.25, -0.2) is 4.98 Å². The molecule has 1 amide bonds. The Morgan fingerprint density at radius 2 is 1.95 bits per heavy atom. The average Bonchev–Trinajstić information content (AvgIpc) is 2.87. The van der Waals surface area contributed by atoms with E-state index < -0.39 is 0 Å². The Balaban J connectivity index is 2.71. The smallest absolute Gasteiger partial charge is 0.244 e. The molecule has 20 heavy (non-hydrogen) atoms. The van der Waals surface area contributed by atoms with Crippen LogP contribution in [0.15, 0.2) is 0 Å². The second-order valence-electron chi connectivity index (χ2n) is 5.25. The van der Waals surface area contributed by atoms with Crippen LogP contribution in [0.4, 0.5) is 0 Å². The van der Waals surface area contributed by atoms with Gasteiger partial charge in [0.05, 0.1) is 11.1 Å². The number of amides is 1. The predicted octanol–water partition coefficient (Wildman–Crippen LogP) is 2.03. The van der Waals surface area contributed by atoms with E-state index in [9.17, 15) is 4.79 Å². The van der Waals surface area contributed by atoms with Crippen molar-refractivity contribution in [3.8, 4) is 0 Å². The van der Waals surface area contributed by atoms with Crippen LogP contribution in [0.5, 0.6) is 0 Å². The number of carbonyl (C=O) groups excluding carboxylic acids is 1. The zero-order valence-corrected chi connectivity index (χ0v) is 13.4. The number of halogens is 1. The summed E-state index contributed by atoms with van der Waals surface area (Å²) in [6, 6.07) is -0.374. The molecule has 7 heteroatoms. The van der Waals surface area contributed by atoms with Crippen molar-refractivity contribution in [2.75, 3.05) is 14.1 Å². The Kier molecular flexibility index (Phi) is 3.77. The molecule has 0 aliphatic carbocycles. The lowest BCUT2D eigenvalue weighted by atomic mass is 10.2. The fraction of sp³-hybridized carbons (Fsp3) is 0.615. The molecule has 0 fully saturated rings. The van der Waals surface area contributed by atoms with Crippen molar-refractivity contribution in [2.24, 2.45) is 7.05 Å². The highest BCUT2D eigenvalue weighted by molar-refractivity contribution is 6.20. The van der Waals surface area contributed by atoms with E-state index in [0.29, 0.717) is 5.82 Å². The SMILES string of the molecule is Cc1nn(C)c2c1nc(C(C)Cl)n2C(C)C(=O)N(C)C. The molecular weight excluding hydrogens is 278 g/mol. The summed E-state index contributed by atoms with van der Waals surface area (Å²) in [6.07, 6.45) is 0. The maximum Gasteiger partial charge on any atom is 0.244 e. The minimum Gasteiger partial charge on any atom is -0.347 e. The number of rotatable bonds is 3. The lowest BCUT2D eigenvalue weighted by molar-refractivity contribution is -0.131. The molecule has 0 saturated heterocycles. The molecule has 2 aromatic rings. The fourth-order valence-electron chi connectivity index (χ4n) is 2.46. The molecular formula is C13H20ClN5O. The molecule has 0 bridgehead atoms. The molecule has 0 N–H and O–H groups in total. The summed E-state index contributed by atoms with van der Waals surface area (Å²) < 4.78 is 3.63. The number of fused-ring (bicyclic) bond motifs is 1. The van der Waals surface area contributed by atoms with Crippen molar-refractivity contribution >= 4 is 28.7 Å². The standard InChI is InChI=1S/C13H20ClN5O/c1-7(14)11-15-10-8(2)16-18(6)12(10)19(11)9(3)13(20)17(4)5/h7,9H,1-6H3. The second-order valence-corrected chi connectivity index (χ2v) is 5.90. The number of aryl methyl sites for hydroxylation is 2. The zero-order valence-electron chi connectivity index (χ0n) is 12.7. The summed E-state index contributed by atoms with van der Waals surface area (Å²) >= 11 is 6.23. The van der Waals surface area contributed by atoms with Crippen LogP contribution in [0, 0.1) is 6.92 Å². The minimum atomic E-state index is -0.374. The van der Waals surface area contributed by atoms with Gasteiger partial charge >= 0.3 is 0 Å². The number of alkyl halides is 1. The van der Waals surface area contributed by atoms with Gasteiger partial charge in [-0.15, -0.1) is 11.6 Å². The molecule has 0 saturated carbocycles. The van der Waals surface area contributed by atoms with E-state index in [1.54, 1.807) is 23.7 Å². The zero-order chi connectivity index (χ0) is 15.2. The first kappa shape index (κ1) is 14.8. The van der Waals surface area contributed by atoms with E-state index in [0.717, 1.165) is 16.9 Å². The molecule has 6 nitrogen and oxygen atoms in total. The summed E-state index contributed by atoms with van der Waals surface area (Å²) in [7, 11) is 5.33. The molecule has 110 valence electrons. The third-order valence-electron chi connectivity index (χ3n) is 3.40. The Hall–Kier alpha value is -1.56. The highest BCUT2D eigenvalue weighted by Crippen LogP contribution is 2.29. The molecule has 0 aliphatic rings. The molecule has 0 spiro atoms. The Morgan fingerprint density at radius 3 is 2.45 bits per heavy atom. The summed E-state index contributed by atoms with van der Waals surface area (Å²) in [5.41, 5.74) is 2.46. The largest absolute Gasteiger partial charge is 0.347 e. The van der Waals surface area contributed by atoms with Gasteiger partial charge in [0, 0.05) is 21.1 Å². The van der Waals surface area contributed by atoms with Crippen molar-refractivity contribution in [3.05, 3.63) is 11.5 Å². The highest BCUT2D eigenvalue weighted by atomic mass is 35.5. The molecule has 2 heterocycles. The number of nitrogens with zero attached hydrogens (tertiary/aromatic N) is 5. The van der Waals surface area contributed by atoms with E-state index in [2.05, 4.69) is 10.1 Å². The van der Waals surface area contributed by atoms with Crippen molar-refractivity contribution in [1.29, 1.82) is 0 Å². The van der Waals surface area contributed by atoms with Gasteiger partial charge in [-0.05, 0) is 20.8 Å². The fourth-order valence-corrected chi connectivity index (χ4v) is 2.61. The Bertz CT molecular complexity index is 655. The summed E-state index contributed by atoms with van der Waals surface area (Å²) in [4.78, 5) is 18.4. The predicted molar refractivity (Wildman–Crippen MR) is 78.9 cm³/mol. The number of carbonyl (C=O) groups is 1. The van der Waals surface area contributed by atoms with Crippen LogP contribution in [0.1, 0.15) is 36.8 Å². The third kappa shape index (κ3) is 2.18. The number of likely N-dealkylation sites (N-methyl/N-ethyl adjacent to an activating group) is 1. The van der Waals surface area contributed by atoms with E-state index in [1.807, 2.05) is 32.4 Å². The van der Waals surface area contributed by atoms with Gasteiger partial charge in [-0.2, -0.15) is 5.10 Å². The number of hydrogen-bond donors (Lipinski definition) is 0. The average molecular weight is 298 g/mol. The van der Waals surface area contributed by atoms with Crippen LogP contribution in [0.3, 0.4) is 0 Å². The van der Waals surface area contributed by atoms with Crippen LogP contribution >= 0.6 is 11.6 Å². The first-order valence-corrected chi connectivity index (χ1v) is 6.96. The van der Waals surface area contributed by atoms with Gasteiger partial charge < -0.3 is 4.90 Å². The second kappa shape index (κ2) is 5.09. The molecule has 2 aromatic heterocycles. The number of imidazole rings is 1. The summed E-state index contributed by atoms with van der Waals surface area (Å²) in [5.74, 6) is 0.696. The minimum absolute atomic E-state index is 0.00159. The Morgan fingerprint density at radius 1 is 1.35 bits per heavy atom. The molecule has 2 atom stereocenters. The Labute approximate surface area is 123 Å². The first-order chi connectivity index (χ1) is 9.25. The highest BCUT2D eigenvalue weighted by Gasteiger charge is 2.27. The monoisotopic (exact) mass is 297 g/mol. The molecule has 2 rings (SSSR count). The number of aromatic nitrogens is 4. The summed E-state index contributed by atoms with van der Waals surface area (Å²) in [6.45, 7) is 5.62. The van der Waals surface area contributed by atoms with Crippen LogP contribution < -0.4 is 0 Å². The van der Waals surface area contributed by atoms with E-state index in [4.69, 9.17) is 11.6 Å². The van der Waals surface area contributed by atoms with Gasteiger partial charge in [-0.1, -0.05) is 0 Å². The van der Waals surface area contributed by atoms with Crippen LogP contribution in [0.25, 0.3) is 11.2 Å². The van der Waals surface area contributed by atoms with Gasteiger partial charge in [0.15, 0.2) is 5.65 Å². The quantitative estimate of drug-likeness (QED) is 0.815. The maximum atomic E-state index is 12.3. The van der Waals surface area contributed by atoms with Gasteiger partial charge in [-0.3, -0.25) is 14.0 Å². The van der Waals surface area contributed by atoms with Crippen molar-refractivity contribution in [3.63, 3.8) is 0 Å². The first-order valence-electron chi connectivity index (χ1n) is 6.52. The van der Waals surface area contributed by atoms with Crippen LogP contribution in [-0.2, 0) is 11.8 Å². The maximum absolute atomic E-state index is 12.3. The summed E-state index contributed by atoms with van der Waals surface area (Å²) in [5, 5.41) is 4.08. The molecule has 2 unspecified atom stereocenters. The van der Waals surface area contributed by atoms with Crippen molar-refractivity contribution in [1.82, 2.24) is 24.2 Å². The molecule has 0 aliphatic heterocycles. The number of hydrogen-bond acceptors (Lipinski definition) is 3. The van der Waals surface area contributed by atoms with Crippen molar-refractivity contribution < 1.29 is 4.79 Å². The topological polar surface area (TPSA) is 56.0 Å². The van der Waals surface area contributed by atoms with Gasteiger partial charge in [0.25, 0.3) is 0 Å². The molecule has 0 radical (unpaired) electrons. The van der Waals surface area contributed by atoms with Gasteiger partial charge in [0.2, 0.25) is 5.91 Å². The van der Waals surface area contributed by atoms with Gasteiger partial charge in [0.1, 0.15) is 17.4 Å². The van der Waals surface area contributed by atoms with Crippen LogP contribution in [0.2, 0.25) is 0 Å². The van der Waals surface area contributed by atoms with E-state index in [-0.39, 0.29) is 17.3 Å². The normalized spacial score (nSPS) is 14.6. The van der Waals surface area contributed by atoms with Crippen molar-refractivity contribution in [2.45, 2.75) is 32.2 Å². The van der Waals surface area contributed by atoms with Crippen LogP contribution in [-0.4, -0.2) is 44.2 Å². The lowest BCUT2D eigenvalue weighted by Gasteiger charge is -2.21.